The Bertz CT molecular complexity index is 1140. The van der Waals surface area contributed by atoms with E-state index in [4.69, 9.17) is 4.74 Å². The van der Waals surface area contributed by atoms with E-state index in [2.05, 4.69) is 10.9 Å². The number of carbonyl (C=O) groups is 2. The Morgan fingerprint density at radius 2 is 1.76 bits per heavy atom. The number of ether oxygens (including phenoxy) is 1. The average molecular weight is 492 g/mol. The smallest absolute Gasteiger partial charge is 0.279 e. The second-order valence-electron chi connectivity index (χ2n) is 8.95. The fourth-order valence-corrected chi connectivity index (χ4v) is 7.66. The molecule has 0 radical (unpaired) electrons. The first-order chi connectivity index (χ1) is 15.7. The Morgan fingerprint density at radius 3 is 2.42 bits per heavy atom. The molecule has 10 heteroatoms. The van der Waals surface area contributed by atoms with Gasteiger partial charge in [0, 0.05) is 23.5 Å². The zero-order chi connectivity index (χ0) is 23.8. The molecule has 1 aromatic carbocycles. The van der Waals surface area contributed by atoms with Crippen LogP contribution in [0.15, 0.2) is 29.2 Å². The summed E-state index contributed by atoms with van der Waals surface area (Å²) in [5, 5.41) is 0. The summed E-state index contributed by atoms with van der Waals surface area (Å²) in [6.07, 6.45) is 4.04. The molecule has 2 unspecified atom stereocenters. The third kappa shape index (κ3) is 4.92. The van der Waals surface area contributed by atoms with Gasteiger partial charge in [-0.25, -0.2) is 8.42 Å². The van der Waals surface area contributed by atoms with Crippen LogP contribution in [0.3, 0.4) is 0 Å². The molecular formula is C23H29N3O5S2. The van der Waals surface area contributed by atoms with Crippen molar-refractivity contribution in [2.45, 2.75) is 44.4 Å². The molecule has 8 nitrogen and oxygen atoms in total. The van der Waals surface area contributed by atoms with Crippen molar-refractivity contribution in [2.24, 2.45) is 11.8 Å². The molecule has 1 saturated heterocycles. The Labute approximate surface area is 198 Å². The van der Waals surface area contributed by atoms with Gasteiger partial charge in [-0.3, -0.25) is 20.4 Å². The number of fused-ring (bicyclic) bond motifs is 1. The number of amides is 2. The molecule has 33 heavy (non-hydrogen) atoms. The van der Waals surface area contributed by atoms with E-state index in [0.29, 0.717) is 18.0 Å². The minimum atomic E-state index is -3.86. The van der Waals surface area contributed by atoms with Crippen LogP contribution in [0.25, 0.3) is 0 Å². The maximum Gasteiger partial charge on any atom is 0.279 e. The van der Waals surface area contributed by atoms with Crippen LogP contribution >= 0.6 is 11.3 Å². The third-order valence-electron chi connectivity index (χ3n) is 6.14. The van der Waals surface area contributed by atoms with Crippen LogP contribution in [0.5, 0.6) is 5.75 Å². The van der Waals surface area contributed by atoms with Crippen molar-refractivity contribution in [3.8, 4) is 5.75 Å². The van der Waals surface area contributed by atoms with Crippen LogP contribution in [0.2, 0.25) is 0 Å². The van der Waals surface area contributed by atoms with Gasteiger partial charge < -0.3 is 4.74 Å². The number of benzene rings is 1. The topological polar surface area (TPSA) is 105 Å². The van der Waals surface area contributed by atoms with Crippen molar-refractivity contribution in [1.29, 1.82) is 0 Å². The minimum Gasteiger partial charge on any atom is -0.495 e. The van der Waals surface area contributed by atoms with Crippen molar-refractivity contribution in [2.75, 3.05) is 20.2 Å². The average Bonchev–Trinajstić information content (AvgIpc) is 3.38. The molecule has 0 bridgehead atoms. The summed E-state index contributed by atoms with van der Waals surface area (Å²) in [7, 11) is -2.46. The quantitative estimate of drug-likeness (QED) is 0.626. The summed E-state index contributed by atoms with van der Waals surface area (Å²) < 4.78 is 33.5. The number of sulfonamides is 1. The number of hydrazine groups is 1. The normalized spacial score (nSPS) is 20.8. The molecule has 1 aromatic heterocycles. The maximum atomic E-state index is 13.4. The molecule has 1 fully saturated rings. The molecule has 0 saturated carbocycles. The number of thiophene rings is 1. The van der Waals surface area contributed by atoms with Gasteiger partial charge >= 0.3 is 0 Å². The predicted molar refractivity (Wildman–Crippen MR) is 126 cm³/mol. The van der Waals surface area contributed by atoms with Crippen LogP contribution in [-0.4, -0.2) is 44.7 Å². The highest BCUT2D eigenvalue weighted by atomic mass is 32.2. The highest BCUT2D eigenvalue weighted by molar-refractivity contribution is 7.89. The lowest BCUT2D eigenvalue weighted by molar-refractivity contribution is 0.0848. The third-order valence-corrected chi connectivity index (χ3v) is 9.23. The standard InChI is InChI=1S/C23H29N3O5S2/c1-14-9-15(2)13-26(12-14)33(29,30)21-11-17(7-8-18(21)31-3)22(27)24-25-23(28)20-10-16-5-4-6-19(16)32-20/h7-8,10-11,14-15H,4-6,9,12-13H2,1-3H3,(H,24,27)(H,25,28). The lowest BCUT2D eigenvalue weighted by Crippen LogP contribution is -2.43. The van der Waals surface area contributed by atoms with Crippen molar-refractivity contribution >= 4 is 33.2 Å². The summed E-state index contributed by atoms with van der Waals surface area (Å²) in [4.78, 5) is 26.9. The first kappa shape index (κ1) is 23.7. The zero-order valence-corrected chi connectivity index (χ0v) is 20.6. The highest BCUT2D eigenvalue weighted by Crippen LogP contribution is 2.32. The summed E-state index contributed by atoms with van der Waals surface area (Å²) in [6, 6.07) is 6.11. The number of piperidine rings is 1. The first-order valence-corrected chi connectivity index (χ1v) is 13.3. The second-order valence-corrected chi connectivity index (χ2v) is 12.0. The number of nitrogens with one attached hydrogen (secondary N) is 2. The van der Waals surface area contributed by atoms with Crippen LogP contribution in [0.4, 0.5) is 0 Å². The molecule has 2 N–H and O–H groups in total. The fourth-order valence-electron chi connectivity index (χ4n) is 4.65. The van der Waals surface area contributed by atoms with Gasteiger partial charge in [-0.2, -0.15) is 4.31 Å². The number of hydrogen-bond donors (Lipinski definition) is 2. The maximum absolute atomic E-state index is 13.4. The summed E-state index contributed by atoms with van der Waals surface area (Å²) in [6.45, 7) is 4.91. The lowest BCUT2D eigenvalue weighted by Gasteiger charge is -2.34. The van der Waals surface area contributed by atoms with E-state index in [1.165, 1.54) is 51.4 Å². The Kier molecular flexibility index (Phi) is 6.78. The van der Waals surface area contributed by atoms with Crippen LogP contribution < -0.4 is 15.6 Å². The van der Waals surface area contributed by atoms with Gasteiger partial charge in [0.2, 0.25) is 10.0 Å². The fraction of sp³-hybridized carbons (Fsp3) is 0.478. The van der Waals surface area contributed by atoms with Crippen LogP contribution in [-0.2, 0) is 22.9 Å². The molecule has 178 valence electrons. The number of methoxy groups -OCH3 is 1. The van der Waals surface area contributed by atoms with Gasteiger partial charge in [-0.15, -0.1) is 11.3 Å². The molecule has 2 heterocycles. The lowest BCUT2D eigenvalue weighted by atomic mass is 9.94. The molecule has 1 aliphatic heterocycles. The van der Waals surface area contributed by atoms with Crippen molar-refractivity contribution in [3.63, 3.8) is 0 Å². The Balaban J connectivity index is 1.50. The SMILES string of the molecule is COc1ccc(C(=O)NNC(=O)c2cc3c(s2)CCC3)cc1S(=O)(=O)N1CC(C)CC(C)C1. The molecule has 2 aromatic rings. The van der Waals surface area contributed by atoms with Crippen molar-refractivity contribution < 1.29 is 22.7 Å². The molecule has 1 aliphatic carbocycles. The van der Waals surface area contributed by atoms with E-state index in [0.717, 1.165) is 25.7 Å². The van der Waals surface area contributed by atoms with E-state index in [1.54, 1.807) is 0 Å². The van der Waals surface area contributed by atoms with E-state index in [1.807, 2.05) is 19.9 Å². The van der Waals surface area contributed by atoms with Gasteiger partial charge in [0.15, 0.2) is 0 Å². The molecule has 2 atom stereocenters. The number of rotatable bonds is 5. The number of hydrogen-bond acceptors (Lipinski definition) is 6. The van der Waals surface area contributed by atoms with E-state index < -0.39 is 15.9 Å². The van der Waals surface area contributed by atoms with E-state index >= 15 is 0 Å². The second kappa shape index (κ2) is 9.44. The number of nitrogens with zero attached hydrogens (tertiary/aromatic N) is 1. The number of aryl methyl sites for hydroxylation is 2. The van der Waals surface area contributed by atoms with Crippen LogP contribution in [0.1, 0.15) is 57.2 Å². The summed E-state index contributed by atoms with van der Waals surface area (Å²) >= 11 is 1.44. The van der Waals surface area contributed by atoms with Crippen LogP contribution in [0, 0.1) is 11.8 Å². The Hall–Kier alpha value is -2.43. The molecular weight excluding hydrogens is 462 g/mol. The summed E-state index contributed by atoms with van der Waals surface area (Å²) in [5.41, 5.74) is 6.13. The number of carbonyl (C=O) groups excluding carboxylic acids is 2. The van der Waals surface area contributed by atoms with Gasteiger partial charge in [-0.1, -0.05) is 13.8 Å². The molecule has 2 amide bonds. The van der Waals surface area contributed by atoms with E-state index in [-0.39, 0.29) is 34.0 Å². The minimum absolute atomic E-state index is 0.0556. The molecule has 0 spiro atoms. The van der Waals surface area contributed by atoms with Crippen molar-refractivity contribution in [3.05, 3.63) is 45.1 Å². The first-order valence-electron chi connectivity index (χ1n) is 11.1. The largest absolute Gasteiger partial charge is 0.495 e. The van der Waals surface area contributed by atoms with Gasteiger partial charge in [0.05, 0.1) is 12.0 Å². The van der Waals surface area contributed by atoms with Gasteiger partial charge in [0.1, 0.15) is 10.6 Å². The van der Waals surface area contributed by atoms with E-state index in [9.17, 15) is 18.0 Å². The molecule has 4 rings (SSSR count). The van der Waals surface area contributed by atoms with Gasteiger partial charge in [-0.05, 0) is 67.3 Å². The predicted octanol–water partition coefficient (Wildman–Crippen LogP) is 2.99. The monoisotopic (exact) mass is 491 g/mol. The Morgan fingerprint density at radius 1 is 1.06 bits per heavy atom. The zero-order valence-electron chi connectivity index (χ0n) is 19.0. The highest BCUT2D eigenvalue weighted by Gasteiger charge is 2.34. The summed E-state index contributed by atoms with van der Waals surface area (Å²) in [5.74, 6) is -0.327. The van der Waals surface area contributed by atoms with Gasteiger partial charge in [0.25, 0.3) is 11.8 Å². The molecule has 2 aliphatic rings. The van der Waals surface area contributed by atoms with Crippen molar-refractivity contribution in [1.82, 2.24) is 15.2 Å².